The molecule has 0 bridgehead atoms. The minimum absolute atomic E-state index is 0.00899. The molecule has 2 aliphatic rings. The van der Waals surface area contributed by atoms with E-state index < -0.39 is 0 Å². The predicted molar refractivity (Wildman–Crippen MR) is 91.4 cm³/mol. The summed E-state index contributed by atoms with van der Waals surface area (Å²) in [6.07, 6.45) is 9.75. The Balaban J connectivity index is 1.74. The van der Waals surface area contributed by atoms with Gasteiger partial charge in [0, 0.05) is 38.1 Å². The molecule has 2 aromatic rings. The Morgan fingerprint density at radius 2 is 1.75 bits per heavy atom. The van der Waals surface area contributed by atoms with Crippen molar-refractivity contribution >= 4 is 0 Å². The largest absolute Gasteiger partial charge is 0.379 e. The molecule has 4 rings (SSSR count). The van der Waals surface area contributed by atoms with Gasteiger partial charge in [-0.1, -0.05) is 19.3 Å². The monoisotopic (exact) mass is 327 g/mol. The van der Waals surface area contributed by atoms with Gasteiger partial charge in [0.2, 0.25) is 0 Å². The van der Waals surface area contributed by atoms with Crippen LogP contribution in [0.2, 0.25) is 0 Å². The lowest BCUT2D eigenvalue weighted by atomic mass is 9.79. The van der Waals surface area contributed by atoms with Gasteiger partial charge in [-0.25, -0.2) is 4.98 Å². The lowest BCUT2D eigenvalue weighted by molar-refractivity contribution is -0.0456. The summed E-state index contributed by atoms with van der Waals surface area (Å²) in [6, 6.07) is 3.95. The van der Waals surface area contributed by atoms with Gasteiger partial charge in [-0.15, -0.1) is 0 Å². The van der Waals surface area contributed by atoms with E-state index in [1.165, 1.54) is 19.3 Å². The van der Waals surface area contributed by atoms with E-state index in [0.29, 0.717) is 0 Å². The normalized spacial score (nSPS) is 21.7. The molecule has 0 amide bonds. The molecule has 0 aromatic carbocycles. The van der Waals surface area contributed by atoms with Crippen molar-refractivity contribution in [1.82, 2.24) is 24.6 Å². The highest BCUT2D eigenvalue weighted by atomic mass is 16.5. The van der Waals surface area contributed by atoms with Crippen LogP contribution in [0.5, 0.6) is 0 Å². The lowest BCUT2D eigenvalue weighted by Gasteiger charge is -2.47. The summed E-state index contributed by atoms with van der Waals surface area (Å²) in [5.41, 5.74) is 1.04. The molecule has 0 N–H and O–H groups in total. The molecule has 0 radical (unpaired) electrons. The first-order chi connectivity index (χ1) is 11.8. The Morgan fingerprint density at radius 3 is 2.46 bits per heavy atom. The van der Waals surface area contributed by atoms with E-state index in [-0.39, 0.29) is 5.54 Å². The van der Waals surface area contributed by atoms with Gasteiger partial charge in [0.1, 0.15) is 5.82 Å². The zero-order valence-corrected chi connectivity index (χ0v) is 14.3. The minimum Gasteiger partial charge on any atom is -0.379 e. The summed E-state index contributed by atoms with van der Waals surface area (Å²) < 4.78 is 7.58. The maximum atomic E-state index is 5.58. The Labute approximate surface area is 142 Å². The fourth-order valence-corrected chi connectivity index (χ4v) is 4.22. The average Bonchev–Trinajstić information content (AvgIpc) is 3.06. The highest BCUT2D eigenvalue weighted by Gasteiger charge is 2.43. The molecule has 2 aromatic heterocycles. The molecule has 1 aliphatic carbocycles. The maximum absolute atomic E-state index is 5.58. The van der Waals surface area contributed by atoms with E-state index in [2.05, 4.69) is 9.88 Å². The summed E-state index contributed by atoms with van der Waals surface area (Å²) in [4.78, 5) is 11.7. The molecule has 0 spiro atoms. The van der Waals surface area contributed by atoms with Gasteiger partial charge in [-0.3, -0.25) is 14.6 Å². The van der Waals surface area contributed by atoms with Gasteiger partial charge >= 0.3 is 0 Å². The van der Waals surface area contributed by atoms with Crippen LogP contribution in [0.4, 0.5) is 0 Å². The first-order valence-electron chi connectivity index (χ1n) is 8.94. The third-order valence-electron chi connectivity index (χ3n) is 5.41. The van der Waals surface area contributed by atoms with Crippen molar-refractivity contribution in [2.45, 2.75) is 37.6 Å². The van der Waals surface area contributed by atoms with Crippen molar-refractivity contribution in [3.05, 3.63) is 30.4 Å². The zero-order valence-electron chi connectivity index (χ0n) is 14.3. The number of aromatic nitrogens is 4. The summed E-state index contributed by atoms with van der Waals surface area (Å²) in [5.74, 6) is 1.91. The van der Waals surface area contributed by atoms with E-state index in [1.54, 1.807) is 12.4 Å². The van der Waals surface area contributed by atoms with E-state index in [9.17, 15) is 0 Å². The molecule has 6 nitrogen and oxygen atoms in total. The molecule has 2 fully saturated rings. The SMILES string of the molecule is Cn1nc(-c2ccncc2)nc1C1(N2CCOCC2)CCCCC1. The van der Waals surface area contributed by atoms with Crippen LogP contribution in [0.3, 0.4) is 0 Å². The first kappa shape index (κ1) is 15.7. The fraction of sp³-hybridized carbons (Fsp3) is 0.611. The van der Waals surface area contributed by atoms with Gasteiger partial charge in [-0.05, 0) is 25.0 Å². The molecule has 24 heavy (non-hydrogen) atoms. The number of pyridine rings is 1. The molecular weight excluding hydrogens is 302 g/mol. The number of rotatable bonds is 3. The second-order valence-electron chi connectivity index (χ2n) is 6.81. The predicted octanol–water partition coefficient (Wildman–Crippen LogP) is 2.37. The highest BCUT2D eigenvalue weighted by Crippen LogP contribution is 2.42. The summed E-state index contributed by atoms with van der Waals surface area (Å²) in [5, 5.41) is 4.72. The van der Waals surface area contributed by atoms with Gasteiger partial charge in [0.15, 0.2) is 5.82 Å². The Hall–Kier alpha value is -1.79. The van der Waals surface area contributed by atoms with Crippen molar-refractivity contribution in [2.75, 3.05) is 26.3 Å². The number of nitrogens with zero attached hydrogens (tertiary/aromatic N) is 5. The maximum Gasteiger partial charge on any atom is 0.181 e. The van der Waals surface area contributed by atoms with E-state index in [0.717, 1.165) is 56.4 Å². The minimum atomic E-state index is 0.00899. The standard InChI is InChI=1S/C18H25N5O/c1-22-17(20-16(21-22)15-5-9-19-10-6-15)18(7-3-2-4-8-18)23-11-13-24-14-12-23/h5-6,9-10H,2-4,7-8,11-14H2,1H3. The number of morpholine rings is 1. The van der Waals surface area contributed by atoms with Crippen molar-refractivity contribution in [3.63, 3.8) is 0 Å². The van der Waals surface area contributed by atoms with E-state index in [1.807, 2.05) is 23.9 Å². The van der Waals surface area contributed by atoms with Crippen LogP contribution in [-0.2, 0) is 17.3 Å². The molecule has 1 saturated heterocycles. The molecule has 1 aliphatic heterocycles. The second kappa shape index (κ2) is 6.61. The molecule has 0 unspecified atom stereocenters. The Morgan fingerprint density at radius 1 is 1.04 bits per heavy atom. The average molecular weight is 327 g/mol. The topological polar surface area (TPSA) is 56.1 Å². The third kappa shape index (κ3) is 2.74. The lowest BCUT2D eigenvalue weighted by Crippen LogP contribution is -2.53. The summed E-state index contributed by atoms with van der Waals surface area (Å²) >= 11 is 0. The molecule has 3 heterocycles. The number of hydrogen-bond acceptors (Lipinski definition) is 5. The van der Waals surface area contributed by atoms with Crippen LogP contribution in [0.25, 0.3) is 11.4 Å². The molecule has 1 saturated carbocycles. The first-order valence-corrected chi connectivity index (χ1v) is 8.94. The summed E-state index contributed by atoms with van der Waals surface area (Å²) in [7, 11) is 2.03. The van der Waals surface area contributed by atoms with E-state index >= 15 is 0 Å². The van der Waals surface area contributed by atoms with Crippen molar-refractivity contribution in [2.24, 2.45) is 7.05 Å². The van der Waals surface area contributed by atoms with Crippen LogP contribution < -0.4 is 0 Å². The molecule has 0 atom stereocenters. The van der Waals surface area contributed by atoms with Crippen molar-refractivity contribution in [3.8, 4) is 11.4 Å². The highest BCUT2D eigenvalue weighted by molar-refractivity contribution is 5.53. The quantitative estimate of drug-likeness (QED) is 0.866. The van der Waals surface area contributed by atoms with Gasteiger partial charge in [-0.2, -0.15) is 5.10 Å². The zero-order chi connectivity index (χ0) is 16.4. The van der Waals surface area contributed by atoms with Crippen molar-refractivity contribution in [1.29, 1.82) is 0 Å². The second-order valence-corrected chi connectivity index (χ2v) is 6.81. The number of ether oxygens (including phenoxy) is 1. The van der Waals surface area contributed by atoms with Crippen LogP contribution in [0.15, 0.2) is 24.5 Å². The third-order valence-corrected chi connectivity index (χ3v) is 5.41. The van der Waals surface area contributed by atoms with Crippen molar-refractivity contribution < 1.29 is 4.74 Å². The molecular formula is C18H25N5O. The molecule has 128 valence electrons. The van der Waals surface area contributed by atoms with Gasteiger partial charge in [0.05, 0.1) is 18.8 Å². The smallest absolute Gasteiger partial charge is 0.181 e. The summed E-state index contributed by atoms with van der Waals surface area (Å²) in [6.45, 7) is 3.60. The number of aryl methyl sites for hydroxylation is 1. The number of hydrogen-bond donors (Lipinski definition) is 0. The Kier molecular flexibility index (Phi) is 4.33. The van der Waals surface area contributed by atoms with Gasteiger partial charge in [0.25, 0.3) is 0 Å². The van der Waals surface area contributed by atoms with Crippen LogP contribution in [0.1, 0.15) is 37.9 Å². The fourth-order valence-electron chi connectivity index (χ4n) is 4.22. The van der Waals surface area contributed by atoms with Gasteiger partial charge < -0.3 is 4.74 Å². The van der Waals surface area contributed by atoms with Crippen LogP contribution in [0, 0.1) is 0 Å². The van der Waals surface area contributed by atoms with Crippen LogP contribution in [-0.4, -0.2) is 51.0 Å². The molecule has 6 heteroatoms. The van der Waals surface area contributed by atoms with Crippen LogP contribution >= 0.6 is 0 Å². The Bertz CT molecular complexity index is 672. The van der Waals surface area contributed by atoms with E-state index in [4.69, 9.17) is 14.8 Å².